The highest BCUT2D eigenvalue weighted by Crippen LogP contribution is 2.35. The Morgan fingerprint density at radius 2 is 1.91 bits per heavy atom. The molecule has 5 heterocycles. The highest BCUT2D eigenvalue weighted by atomic mass is 19.1. The number of carbonyl (C=O) groups excluding carboxylic acids is 2. The number of ether oxygens (including phenoxy) is 1. The van der Waals surface area contributed by atoms with E-state index in [1.54, 1.807) is 26.3 Å². The molecule has 0 spiro atoms. The molecule has 11 heteroatoms. The van der Waals surface area contributed by atoms with Crippen LogP contribution < -0.4 is 15.4 Å². The number of aromatic nitrogens is 4. The smallest absolute Gasteiger partial charge is 0.254 e. The summed E-state index contributed by atoms with van der Waals surface area (Å²) in [7, 11) is 5.19. The van der Waals surface area contributed by atoms with Crippen LogP contribution in [0.25, 0.3) is 33.6 Å². The largest absolute Gasteiger partial charge is 0.494 e. The number of rotatable bonds is 4. The number of benzene rings is 1. The van der Waals surface area contributed by atoms with Gasteiger partial charge in [0.2, 0.25) is 5.91 Å². The fourth-order valence-corrected chi connectivity index (χ4v) is 6.93. The molecule has 0 saturated carbocycles. The van der Waals surface area contributed by atoms with Crippen molar-refractivity contribution in [2.75, 3.05) is 27.2 Å². The van der Waals surface area contributed by atoms with Gasteiger partial charge in [0.15, 0.2) is 5.82 Å². The minimum Gasteiger partial charge on any atom is -0.494 e. The molecule has 46 heavy (non-hydrogen) atoms. The summed E-state index contributed by atoms with van der Waals surface area (Å²) in [5, 5.41) is 7.38. The van der Waals surface area contributed by atoms with Crippen LogP contribution in [-0.4, -0.2) is 75.3 Å². The van der Waals surface area contributed by atoms with Gasteiger partial charge in [0.25, 0.3) is 5.91 Å². The fraction of sp³-hybridized carbons (Fsp3) is 0.543. The predicted molar refractivity (Wildman–Crippen MR) is 178 cm³/mol. The van der Waals surface area contributed by atoms with E-state index in [1.807, 2.05) is 38.5 Å². The summed E-state index contributed by atoms with van der Waals surface area (Å²) in [6, 6.07) is 8.88. The second-order valence-electron chi connectivity index (χ2n) is 13.6. The Labute approximate surface area is 269 Å². The molecule has 10 nitrogen and oxygen atoms in total. The number of piperidine rings is 1. The lowest BCUT2D eigenvalue weighted by Crippen LogP contribution is -2.52. The normalized spacial score (nSPS) is 22.5. The molecule has 1 fully saturated rings. The zero-order valence-corrected chi connectivity index (χ0v) is 27.8. The van der Waals surface area contributed by atoms with E-state index >= 15 is 0 Å². The summed E-state index contributed by atoms with van der Waals surface area (Å²) >= 11 is 0. The summed E-state index contributed by atoms with van der Waals surface area (Å²) in [6.07, 6.45) is 4.20. The fourth-order valence-electron chi connectivity index (χ4n) is 6.93. The number of hydrogen-bond acceptors (Lipinski definition) is 6. The zero-order valence-electron chi connectivity index (χ0n) is 27.8. The summed E-state index contributed by atoms with van der Waals surface area (Å²) in [5.41, 5.74) is 3.95. The standard InChI is InChI=1S/C35H46FN7O3/c1-21-25-12-11-22-18-27(43(31(22)39-25)16-10-8-7-9-14-35(2,3)34(45)38-21)32-40-26-17-23(19-29(46-6)30(26)42(32)5)33(44)41(4)28-20-37-15-13-24(28)36/h11-12,17-19,21,24,28,37H,7-10,13-16,20H2,1-6H3,(H,38,45)/t21-,24+,28+/m1/s1. The van der Waals surface area contributed by atoms with Crippen molar-refractivity contribution in [1.82, 2.24) is 34.6 Å². The first-order valence-electron chi connectivity index (χ1n) is 16.5. The lowest BCUT2D eigenvalue weighted by molar-refractivity contribution is -0.130. The number of nitrogens with one attached hydrogen (secondary N) is 2. The van der Waals surface area contributed by atoms with Crippen LogP contribution in [0, 0.1) is 5.41 Å². The number of aryl methyl sites for hydroxylation is 2. The Kier molecular flexibility index (Phi) is 8.80. The molecule has 246 valence electrons. The van der Waals surface area contributed by atoms with Crippen LogP contribution in [0.2, 0.25) is 0 Å². The van der Waals surface area contributed by atoms with Gasteiger partial charge in [-0.05, 0) is 63.1 Å². The number of likely N-dealkylation sites (N-methyl/N-ethyl adjacent to an activating group) is 1. The van der Waals surface area contributed by atoms with Gasteiger partial charge >= 0.3 is 0 Å². The number of carbonyl (C=O) groups is 2. The first-order valence-corrected chi connectivity index (χ1v) is 16.5. The third kappa shape index (κ3) is 5.85. The maximum Gasteiger partial charge on any atom is 0.254 e. The molecule has 4 aromatic rings. The highest BCUT2D eigenvalue weighted by molar-refractivity contribution is 6.00. The number of methoxy groups -OCH3 is 1. The maximum atomic E-state index is 14.7. The second kappa shape index (κ2) is 12.7. The molecular formula is C35H46FN7O3. The van der Waals surface area contributed by atoms with Crippen LogP contribution in [-0.2, 0) is 18.4 Å². The number of amides is 2. The van der Waals surface area contributed by atoms with Crippen molar-refractivity contribution in [2.24, 2.45) is 12.5 Å². The quantitative estimate of drug-likeness (QED) is 0.307. The molecule has 1 saturated heterocycles. The molecule has 2 aliphatic heterocycles. The number of pyridine rings is 1. The molecule has 2 aliphatic rings. The maximum absolute atomic E-state index is 14.7. The van der Waals surface area contributed by atoms with Crippen molar-refractivity contribution < 1.29 is 18.7 Å². The van der Waals surface area contributed by atoms with Crippen LogP contribution in [0.1, 0.15) is 81.4 Å². The van der Waals surface area contributed by atoms with Crippen molar-refractivity contribution in [1.29, 1.82) is 0 Å². The second-order valence-corrected chi connectivity index (χ2v) is 13.6. The zero-order chi connectivity index (χ0) is 32.7. The van der Waals surface area contributed by atoms with E-state index in [-0.39, 0.29) is 17.9 Å². The van der Waals surface area contributed by atoms with E-state index in [9.17, 15) is 14.0 Å². The first-order chi connectivity index (χ1) is 22.0. The van der Waals surface area contributed by atoms with Crippen LogP contribution in [0.3, 0.4) is 0 Å². The van der Waals surface area contributed by atoms with Gasteiger partial charge in [0.05, 0.1) is 36.1 Å². The number of nitrogens with zero attached hydrogens (tertiary/aromatic N) is 5. The molecule has 2 amide bonds. The Hall–Kier alpha value is -3.99. The van der Waals surface area contributed by atoms with Gasteiger partial charge in [-0.1, -0.05) is 33.1 Å². The SMILES string of the molecule is COc1cc(C(=O)N(C)[C@H]2CNCC[C@@H]2F)cc2nc(-c3cc4ccc5nc4n3CCCCCCC(C)(C)C(=O)N[C@@H]5C)n(C)c12. The Morgan fingerprint density at radius 3 is 2.67 bits per heavy atom. The molecule has 0 radical (unpaired) electrons. The number of hydrogen-bond donors (Lipinski definition) is 2. The van der Waals surface area contributed by atoms with Crippen LogP contribution in [0.5, 0.6) is 5.75 Å². The molecule has 6 rings (SSSR count). The van der Waals surface area contributed by atoms with E-state index < -0.39 is 17.6 Å². The third-order valence-electron chi connectivity index (χ3n) is 9.92. The summed E-state index contributed by atoms with van der Waals surface area (Å²) in [4.78, 5) is 38.4. The number of fused-ring (bicyclic) bond motifs is 2. The summed E-state index contributed by atoms with van der Waals surface area (Å²) in [6.45, 7) is 7.82. The van der Waals surface area contributed by atoms with E-state index in [0.717, 1.165) is 72.4 Å². The van der Waals surface area contributed by atoms with E-state index in [1.165, 1.54) is 4.90 Å². The average Bonchev–Trinajstić information content (AvgIpc) is 3.57. The van der Waals surface area contributed by atoms with Gasteiger partial charge in [0, 0.05) is 43.5 Å². The van der Waals surface area contributed by atoms with Gasteiger partial charge in [-0.3, -0.25) is 9.59 Å². The third-order valence-corrected chi connectivity index (χ3v) is 9.92. The van der Waals surface area contributed by atoms with Crippen molar-refractivity contribution in [3.05, 3.63) is 41.6 Å². The van der Waals surface area contributed by atoms with E-state index in [4.69, 9.17) is 14.7 Å². The molecule has 1 aromatic carbocycles. The van der Waals surface area contributed by atoms with Crippen molar-refractivity contribution in [2.45, 2.75) is 84.1 Å². The van der Waals surface area contributed by atoms with Crippen LogP contribution in [0.15, 0.2) is 30.3 Å². The molecule has 2 N–H and O–H groups in total. The van der Waals surface area contributed by atoms with Gasteiger partial charge in [-0.25, -0.2) is 14.4 Å². The molecule has 0 aliphatic carbocycles. The molecular weight excluding hydrogens is 585 g/mol. The summed E-state index contributed by atoms with van der Waals surface area (Å²) < 4.78 is 24.8. The van der Waals surface area contributed by atoms with E-state index in [2.05, 4.69) is 27.3 Å². The van der Waals surface area contributed by atoms with Gasteiger partial charge in [0.1, 0.15) is 23.1 Å². The van der Waals surface area contributed by atoms with Crippen molar-refractivity contribution >= 4 is 33.9 Å². The van der Waals surface area contributed by atoms with Gasteiger partial charge < -0.3 is 29.4 Å². The molecule has 0 unspecified atom stereocenters. The predicted octanol–water partition coefficient (Wildman–Crippen LogP) is 5.54. The molecule has 3 atom stereocenters. The number of halogens is 1. The van der Waals surface area contributed by atoms with Crippen LogP contribution in [0.4, 0.5) is 4.39 Å². The minimum atomic E-state index is -1.08. The first kappa shape index (κ1) is 32.0. The van der Waals surface area contributed by atoms with Crippen molar-refractivity contribution in [3.8, 4) is 17.3 Å². The molecule has 2 bridgehead atoms. The highest BCUT2D eigenvalue weighted by Gasteiger charge is 2.32. The van der Waals surface area contributed by atoms with Crippen molar-refractivity contribution in [3.63, 3.8) is 0 Å². The number of alkyl halides is 1. The Bertz CT molecular complexity index is 1780. The topological polar surface area (TPSA) is 106 Å². The van der Waals surface area contributed by atoms with Crippen LogP contribution >= 0.6 is 0 Å². The lowest BCUT2D eigenvalue weighted by Gasteiger charge is -2.34. The minimum absolute atomic E-state index is 0.0487. The lowest BCUT2D eigenvalue weighted by atomic mass is 9.85. The average molecular weight is 632 g/mol. The van der Waals surface area contributed by atoms with Gasteiger partial charge in [-0.15, -0.1) is 0 Å². The monoisotopic (exact) mass is 631 g/mol. The van der Waals surface area contributed by atoms with E-state index in [0.29, 0.717) is 36.3 Å². The van der Waals surface area contributed by atoms with Gasteiger partial charge in [-0.2, -0.15) is 0 Å². The number of imidazole rings is 1. The Balaban J connectivity index is 1.42. The summed E-state index contributed by atoms with van der Waals surface area (Å²) in [5.74, 6) is 1.04. The Morgan fingerprint density at radius 1 is 1.13 bits per heavy atom. The molecule has 3 aromatic heterocycles.